The standard InChI is InChI=1S/C23H26FN7OS/c1-12-17(32)18(33-16-4-7-28-22(27)29-16)20(26)30-21(12)31-8-5-23(6-9-31)11-13-2-3-14(24)10-15(13)19(23)25/h2-4,7,10,12,19,26,32H,5-6,8-9,11,25H2,1H3,(H2,27,28,29)/t12-,19?/m1/s1. The smallest absolute Gasteiger partial charge is 0.221 e. The quantitative estimate of drug-likeness (QED) is 0.497. The number of aliphatic hydroxyl groups is 1. The van der Waals surface area contributed by atoms with Crippen LogP contribution in [0.15, 0.2) is 51.1 Å². The van der Waals surface area contributed by atoms with Crippen molar-refractivity contribution < 1.29 is 9.50 Å². The summed E-state index contributed by atoms with van der Waals surface area (Å²) in [6.45, 7) is 3.33. The second kappa shape index (κ2) is 8.11. The van der Waals surface area contributed by atoms with Crippen molar-refractivity contribution in [3.63, 3.8) is 0 Å². The molecule has 33 heavy (non-hydrogen) atoms. The fraction of sp³-hybridized carbons (Fsp3) is 0.391. The van der Waals surface area contributed by atoms with Crippen molar-refractivity contribution in [3.8, 4) is 0 Å². The molecular weight excluding hydrogens is 441 g/mol. The van der Waals surface area contributed by atoms with Crippen LogP contribution in [0.25, 0.3) is 0 Å². The Morgan fingerprint density at radius 3 is 2.76 bits per heavy atom. The highest BCUT2D eigenvalue weighted by Crippen LogP contribution is 2.51. The second-order valence-corrected chi connectivity index (χ2v) is 9.99. The lowest BCUT2D eigenvalue weighted by atomic mass is 9.73. The zero-order valence-corrected chi connectivity index (χ0v) is 19.1. The van der Waals surface area contributed by atoms with Crippen molar-refractivity contribution >= 4 is 29.4 Å². The molecule has 6 N–H and O–H groups in total. The van der Waals surface area contributed by atoms with Crippen molar-refractivity contribution in [2.75, 3.05) is 18.8 Å². The number of piperidine rings is 1. The monoisotopic (exact) mass is 467 g/mol. The highest BCUT2D eigenvalue weighted by atomic mass is 32.2. The van der Waals surface area contributed by atoms with Gasteiger partial charge in [0.2, 0.25) is 5.95 Å². The highest BCUT2D eigenvalue weighted by molar-refractivity contribution is 8.04. The van der Waals surface area contributed by atoms with Crippen LogP contribution in [-0.2, 0) is 6.42 Å². The van der Waals surface area contributed by atoms with Gasteiger partial charge in [0.25, 0.3) is 0 Å². The van der Waals surface area contributed by atoms with Crippen LogP contribution in [0.1, 0.15) is 36.9 Å². The van der Waals surface area contributed by atoms with Gasteiger partial charge in [-0.05, 0) is 60.9 Å². The number of fused-ring (bicyclic) bond motifs is 1. The maximum Gasteiger partial charge on any atom is 0.221 e. The van der Waals surface area contributed by atoms with E-state index in [1.165, 1.54) is 12.3 Å². The first-order valence-corrected chi connectivity index (χ1v) is 11.7. The number of likely N-dealkylation sites (tertiary alicyclic amines) is 1. The number of hydrogen-bond acceptors (Lipinski definition) is 8. The number of benzene rings is 1. The molecule has 3 aliphatic rings. The molecule has 1 aliphatic carbocycles. The highest BCUT2D eigenvalue weighted by Gasteiger charge is 2.47. The Balaban J connectivity index is 1.30. The summed E-state index contributed by atoms with van der Waals surface area (Å²) >= 11 is 1.16. The van der Waals surface area contributed by atoms with Crippen LogP contribution in [0.2, 0.25) is 0 Å². The molecule has 0 saturated carbocycles. The van der Waals surface area contributed by atoms with Crippen molar-refractivity contribution in [1.82, 2.24) is 14.9 Å². The van der Waals surface area contributed by atoms with Crippen LogP contribution < -0.4 is 11.5 Å². The third-order valence-electron chi connectivity index (χ3n) is 7.06. The molecule has 1 fully saturated rings. The van der Waals surface area contributed by atoms with Gasteiger partial charge in [-0.2, -0.15) is 0 Å². The molecule has 0 amide bonds. The van der Waals surface area contributed by atoms with E-state index in [0.29, 0.717) is 15.8 Å². The molecule has 10 heteroatoms. The summed E-state index contributed by atoms with van der Waals surface area (Å²) in [6.07, 6.45) is 4.08. The Bertz CT molecular complexity index is 1190. The lowest BCUT2D eigenvalue weighted by molar-refractivity contribution is 0.124. The number of rotatable bonds is 2. The van der Waals surface area contributed by atoms with E-state index in [9.17, 15) is 9.50 Å². The van der Waals surface area contributed by atoms with E-state index in [-0.39, 0.29) is 40.7 Å². The number of aromatic nitrogens is 2. The molecule has 1 aromatic heterocycles. The Labute approximate surface area is 195 Å². The van der Waals surface area contributed by atoms with Crippen LogP contribution in [0.4, 0.5) is 10.3 Å². The second-order valence-electron chi connectivity index (χ2n) is 8.96. The summed E-state index contributed by atoms with van der Waals surface area (Å²) < 4.78 is 13.8. The average molecular weight is 468 g/mol. The van der Waals surface area contributed by atoms with Crippen molar-refractivity contribution in [1.29, 1.82) is 5.41 Å². The summed E-state index contributed by atoms with van der Waals surface area (Å²) in [7, 11) is 0. The number of nitrogen functional groups attached to an aromatic ring is 1. The Kier molecular flexibility index (Phi) is 5.37. The first kappa shape index (κ1) is 21.8. The van der Waals surface area contributed by atoms with Gasteiger partial charge in [0.1, 0.15) is 22.4 Å². The summed E-state index contributed by atoms with van der Waals surface area (Å²) in [5.74, 6) is 0.337. The summed E-state index contributed by atoms with van der Waals surface area (Å²) in [5, 5.41) is 19.9. The van der Waals surface area contributed by atoms with Gasteiger partial charge in [-0.25, -0.2) is 19.4 Å². The number of nitrogens with two attached hydrogens (primary N) is 2. The molecule has 2 atom stereocenters. The van der Waals surface area contributed by atoms with E-state index in [1.807, 2.05) is 13.0 Å². The van der Waals surface area contributed by atoms with Gasteiger partial charge in [0, 0.05) is 25.3 Å². The molecule has 1 unspecified atom stereocenters. The molecule has 0 radical (unpaired) electrons. The van der Waals surface area contributed by atoms with Crippen LogP contribution in [0, 0.1) is 22.6 Å². The maximum absolute atomic E-state index is 13.8. The minimum atomic E-state index is -0.349. The Morgan fingerprint density at radius 2 is 2.03 bits per heavy atom. The van der Waals surface area contributed by atoms with Gasteiger partial charge in [-0.3, -0.25) is 5.41 Å². The number of thioether (sulfide) groups is 1. The van der Waals surface area contributed by atoms with Gasteiger partial charge in [0.05, 0.1) is 10.8 Å². The summed E-state index contributed by atoms with van der Waals surface area (Å²) in [4.78, 5) is 15.1. The van der Waals surface area contributed by atoms with Crippen molar-refractivity contribution in [2.45, 2.75) is 37.3 Å². The number of dihydropyridines is 1. The molecular formula is C23H26FN7OS. The minimum absolute atomic E-state index is 0.00326. The van der Waals surface area contributed by atoms with Gasteiger partial charge in [-0.15, -0.1) is 0 Å². The number of halogens is 1. The van der Waals surface area contributed by atoms with E-state index in [4.69, 9.17) is 16.9 Å². The molecule has 172 valence electrons. The topological polar surface area (TPSA) is 138 Å². The van der Waals surface area contributed by atoms with Crippen LogP contribution >= 0.6 is 11.8 Å². The predicted molar refractivity (Wildman–Crippen MR) is 127 cm³/mol. The van der Waals surface area contributed by atoms with Crippen LogP contribution in [0.3, 0.4) is 0 Å². The van der Waals surface area contributed by atoms with Gasteiger partial charge >= 0.3 is 0 Å². The molecule has 8 nitrogen and oxygen atoms in total. The van der Waals surface area contributed by atoms with E-state index in [1.54, 1.807) is 12.1 Å². The van der Waals surface area contributed by atoms with E-state index < -0.39 is 0 Å². The Hall–Kier alpha value is -2.98. The number of aliphatic imine (C=N–C) groups is 1. The largest absolute Gasteiger partial charge is 0.510 e. The van der Waals surface area contributed by atoms with E-state index in [2.05, 4.69) is 19.9 Å². The van der Waals surface area contributed by atoms with Gasteiger partial charge in [0.15, 0.2) is 5.84 Å². The first-order valence-electron chi connectivity index (χ1n) is 10.9. The third-order valence-corrected chi connectivity index (χ3v) is 8.10. The fourth-order valence-corrected chi connectivity index (χ4v) is 6.07. The number of amidine groups is 2. The normalized spacial score (nSPS) is 24.3. The molecule has 1 aromatic carbocycles. The number of hydrogen-bond donors (Lipinski definition) is 4. The SMILES string of the molecule is C[C@H]1C(N2CCC3(CC2)Cc2ccc(F)cc2C3N)=NC(=N)C(Sc2ccnc(N)n2)=C1O. The molecule has 1 saturated heterocycles. The summed E-state index contributed by atoms with van der Waals surface area (Å²) in [5.41, 5.74) is 14.2. The fourth-order valence-electron chi connectivity index (χ4n) is 5.17. The molecule has 1 spiro atoms. The molecule has 3 heterocycles. The summed E-state index contributed by atoms with van der Waals surface area (Å²) in [6, 6.07) is 6.42. The minimum Gasteiger partial charge on any atom is -0.510 e. The van der Waals surface area contributed by atoms with Crippen LogP contribution in [0.5, 0.6) is 0 Å². The van der Waals surface area contributed by atoms with Crippen molar-refractivity contribution in [3.05, 3.63) is 58.1 Å². The zero-order valence-electron chi connectivity index (χ0n) is 18.3. The molecule has 2 aliphatic heterocycles. The van der Waals surface area contributed by atoms with Gasteiger partial charge in [-0.1, -0.05) is 17.8 Å². The Morgan fingerprint density at radius 1 is 1.27 bits per heavy atom. The zero-order chi connectivity index (χ0) is 23.3. The van der Waals surface area contributed by atoms with Crippen molar-refractivity contribution in [2.24, 2.45) is 22.1 Å². The first-order chi connectivity index (χ1) is 15.8. The molecule has 5 rings (SSSR count). The maximum atomic E-state index is 13.8. The number of nitrogens with one attached hydrogen (secondary N) is 1. The van der Waals surface area contributed by atoms with E-state index in [0.717, 1.165) is 55.2 Å². The number of nitrogens with zero attached hydrogens (tertiary/aromatic N) is 4. The lowest BCUT2D eigenvalue weighted by Gasteiger charge is -2.44. The van der Waals surface area contributed by atoms with Gasteiger partial charge < -0.3 is 21.5 Å². The third kappa shape index (κ3) is 3.76. The average Bonchev–Trinajstić information content (AvgIpc) is 3.05. The predicted octanol–water partition coefficient (Wildman–Crippen LogP) is 3.42. The molecule has 2 aromatic rings. The number of anilines is 1. The molecule has 0 bridgehead atoms. The van der Waals surface area contributed by atoms with E-state index >= 15 is 0 Å². The van der Waals surface area contributed by atoms with Crippen LogP contribution in [-0.4, -0.2) is 44.7 Å². The number of aliphatic hydroxyl groups excluding tert-OH is 1. The lowest BCUT2D eigenvalue weighted by Crippen LogP contribution is -2.49.